The third-order valence-electron chi connectivity index (χ3n) is 10.7. The largest absolute Gasteiger partial charge is 0.508 e. The lowest BCUT2D eigenvalue weighted by Crippen LogP contribution is -2.63. The van der Waals surface area contributed by atoms with Crippen LogP contribution in [0, 0.1) is 0 Å². The van der Waals surface area contributed by atoms with E-state index in [4.69, 9.17) is 5.73 Å². The number of aliphatic hydroxyl groups excluding tert-OH is 5. The van der Waals surface area contributed by atoms with E-state index in [1.807, 2.05) is 0 Å². The number of hydrogen-bond donors (Lipinski definition) is 17. The fourth-order valence-corrected chi connectivity index (χ4v) is 6.67. The van der Waals surface area contributed by atoms with Crippen molar-refractivity contribution in [3.8, 4) is 5.75 Å². The number of aromatic hydroxyl groups is 1. The number of hydrogen-bond acceptors (Lipinski definition) is 16. The highest BCUT2D eigenvalue weighted by atomic mass is 16.4. The van der Waals surface area contributed by atoms with E-state index in [1.54, 1.807) is 30.5 Å². The average molecular weight is 987 g/mol. The maximum atomic E-state index is 13.6. The zero-order valence-corrected chi connectivity index (χ0v) is 38.8. The van der Waals surface area contributed by atoms with Crippen molar-refractivity contribution in [3.05, 3.63) is 65.9 Å². The van der Waals surface area contributed by atoms with Crippen molar-refractivity contribution in [1.29, 1.82) is 0 Å². The second kappa shape index (κ2) is 26.5. The molecular weight excluding hydrogens is 925 g/mol. The predicted molar refractivity (Wildman–Crippen MR) is 245 cm³/mol. The number of aromatic amines is 1. The van der Waals surface area contributed by atoms with Gasteiger partial charge >= 0.3 is 5.97 Å². The number of carboxylic acids is 1. The molecule has 26 heteroatoms. The summed E-state index contributed by atoms with van der Waals surface area (Å²) in [5.74, 6) is -10.1. The number of aromatic nitrogens is 1. The Labute approximate surface area is 400 Å². The van der Waals surface area contributed by atoms with Crippen LogP contribution in [0.2, 0.25) is 0 Å². The Kier molecular flexibility index (Phi) is 21.6. The molecule has 384 valence electrons. The third kappa shape index (κ3) is 17.1. The minimum atomic E-state index is -1.82. The molecule has 0 aliphatic rings. The van der Waals surface area contributed by atoms with E-state index < -0.39 is 139 Å². The first kappa shape index (κ1) is 57.1. The molecule has 3 aromatic rings. The number of para-hydroxylation sites is 1. The molecule has 3 rings (SSSR count). The van der Waals surface area contributed by atoms with Gasteiger partial charge in [0.05, 0.1) is 43.6 Å². The number of carboxylic acid groups (broad SMARTS) is 1. The number of rotatable bonds is 26. The molecular formula is C44H62N10O16. The molecule has 2 aromatic carbocycles. The van der Waals surface area contributed by atoms with Gasteiger partial charge in [0, 0.05) is 29.9 Å². The standard InChI is InChI=1S/C44H62N10O16/c1-19(55)33(45)39(64)53-37(23(5)59)43(68)54-36(22(4)58)42(67)49-29(14-24-10-12-26(60)13-11-24)38(63)47-17-31(61)51-34(20(2)56)40(65)48-18-32(62)52-35(21(3)57)41(66)50-30(44(69)70)15-25-16-46-28-9-7-6-8-27(25)28/h6-13,16,19-23,29-30,33-37,46,55-60H,14-15,17-18,45H2,1-5H3,(H,47,63)(H,48,65)(H,49,67)(H,50,66)(H,51,61)(H,52,62)(H,53,64)(H,54,68)(H,69,70)/t19-,20-,21-,22-,23-,29+,30+,33+,34+,35+,36+,37+/m1/s1. The van der Waals surface area contributed by atoms with Crippen molar-refractivity contribution in [2.45, 2.75) is 120 Å². The monoisotopic (exact) mass is 986 g/mol. The fourth-order valence-electron chi connectivity index (χ4n) is 6.67. The number of aliphatic carboxylic acids is 1. The van der Waals surface area contributed by atoms with Crippen molar-refractivity contribution in [2.24, 2.45) is 5.73 Å². The van der Waals surface area contributed by atoms with Crippen molar-refractivity contribution in [1.82, 2.24) is 47.5 Å². The number of amides is 8. The van der Waals surface area contributed by atoms with Crippen molar-refractivity contribution in [3.63, 3.8) is 0 Å². The molecule has 0 unspecified atom stereocenters. The molecule has 0 aliphatic carbocycles. The second-order valence-corrected chi connectivity index (χ2v) is 16.6. The second-order valence-electron chi connectivity index (χ2n) is 16.6. The Hall–Kier alpha value is -7.23. The zero-order valence-electron chi connectivity index (χ0n) is 38.8. The number of H-pyrrole nitrogens is 1. The summed E-state index contributed by atoms with van der Waals surface area (Å²) in [6, 6.07) is 0.945. The lowest BCUT2D eigenvalue weighted by molar-refractivity contribution is -0.143. The Morgan fingerprint density at radius 2 is 0.971 bits per heavy atom. The Morgan fingerprint density at radius 1 is 0.529 bits per heavy atom. The highest BCUT2D eigenvalue weighted by Gasteiger charge is 2.36. The average Bonchev–Trinajstić information content (AvgIpc) is 3.70. The van der Waals surface area contributed by atoms with E-state index in [2.05, 4.69) is 47.5 Å². The van der Waals surface area contributed by atoms with Gasteiger partial charge in [0.15, 0.2) is 0 Å². The molecule has 12 atom stereocenters. The number of phenolic OH excluding ortho intramolecular Hbond substituents is 1. The maximum Gasteiger partial charge on any atom is 0.326 e. The molecule has 70 heavy (non-hydrogen) atoms. The molecule has 26 nitrogen and oxygen atoms in total. The molecule has 0 saturated heterocycles. The summed E-state index contributed by atoms with van der Waals surface area (Å²) in [4.78, 5) is 120. The van der Waals surface area contributed by atoms with Crippen LogP contribution < -0.4 is 48.3 Å². The van der Waals surface area contributed by atoms with Crippen LogP contribution in [0.25, 0.3) is 10.9 Å². The molecule has 1 aromatic heterocycles. The number of aliphatic hydroxyl groups is 5. The van der Waals surface area contributed by atoms with E-state index in [0.29, 0.717) is 11.1 Å². The number of nitrogens with two attached hydrogens (primary N) is 1. The molecule has 0 radical (unpaired) electrons. The smallest absolute Gasteiger partial charge is 0.326 e. The van der Waals surface area contributed by atoms with Crippen LogP contribution in [0.3, 0.4) is 0 Å². The highest BCUT2D eigenvalue weighted by Crippen LogP contribution is 2.19. The van der Waals surface area contributed by atoms with Crippen LogP contribution >= 0.6 is 0 Å². The molecule has 0 saturated carbocycles. The van der Waals surface area contributed by atoms with Gasteiger partial charge in [0.1, 0.15) is 48.0 Å². The van der Waals surface area contributed by atoms with Gasteiger partial charge in [-0.2, -0.15) is 0 Å². The highest BCUT2D eigenvalue weighted by molar-refractivity contribution is 5.97. The lowest BCUT2D eigenvalue weighted by Gasteiger charge is -2.28. The molecule has 0 fully saturated rings. The summed E-state index contributed by atoms with van der Waals surface area (Å²) < 4.78 is 0. The van der Waals surface area contributed by atoms with Gasteiger partial charge in [0.25, 0.3) is 0 Å². The van der Waals surface area contributed by atoms with Crippen LogP contribution in [0.1, 0.15) is 45.7 Å². The van der Waals surface area contributed by atoms with Gasteiger partial charge in [-0.15, -0.1) is 0 Å². The summed E-state index contributed by atoms with van der Waals surface area (Å²) in [5.41, 5.74) is 7.29. The Morgan fingerprint density at radius 3 is 1.47 bits per heavy atom. The third-order valence-corrected chi connectivity index (χ3v) is 10.7. The molecule has 0 spiro atoms. The minimum Gasteiger partial charge on any atom is -0.508 e. The van der Waals surface area contributed by atoms with Crippen molar-refractivity contribution >= 4 is 64.1 Å². The van der Waals surface area contributed by atoms with E-state index in [1.165, 1.54) is 31.2 Å². The van der Waals surface area contributed by atoms with Crippen molar-refractivity contribution < 1.29 is 78.9 Å². The number of benzene rings is 2. The first-order valence-electron chi connectivity index (χ1n) is 21.9. The topological polar surface area (TPSA) is 433 Å². The summed E-state index contributed by atoms with van der Waals surface area (Å²) in [5, 5.41) is 89.2. The fraction of sp³-hybridized carbons (Fsp3) is 0.477. The van der Waals surface area contributed by atoms with E-state index in [-0.39, 0.29) is 18.6 Å². The van der Waals surface area contributed by atoms with Crippen LogP contribution in [0.5, 0.6) is 5.75 Å². The molecule has 18 N–H and O–H groups in total. The normalized spacial score (nSPS) is 16.4. The van der Waals surface area contributed by atoms with Gasteiger partial charge in [-0.05, 0) is 63.9 Å². The predicted octanol–water partition coefficient (Wildman–Crippen LogP) is -5.88. The summed E-state index contributed by atoms with van der Waals surface area (Å²) in [6.07, 6.45) is -6.57. The van der Waals surface area contributed by atoms with E-state index >= 15 is 0 Å². The quantitative estimate of drug-likeness (QED) is 0.0356. The first-order chi connectivity index (χ1) is 32.8. The SMILES string of the molecule is C[C@@H](O)[C@H](N)C(=O)N[C@H](C(=O)N[C@H](C(=O)N[C@@H](Cc1ccc(O)cc1)C(=O)NCC(=O)N[C@H](C(=O)NCC(=O)N[C@H](C(=O)N[C@@H](Cc1c[nH]c2ccccc12)C(=O)O)[C@@H](C)O)[C@@H](C)O)[C@@H](C)O)[C@@H](C)O. The maximum absolute atomic E-state index is 13.6. The summed E-state index contributed by atoms with van der Waals surface area (Å²) in [6.45, 7) is 4.00. The van der Waals surface area contributed by atoms with Gasteiger partial charge in [-0.3, -0.25) is 38.4 Å². The van der Waals surface area contributed by atoms with Gasteiger partial charge < -0.3 is 89.0 Å². The van der Waals surface area contributed by atoms with E-state index in [0.717, 1.165) is 38.6 Å². The number of fused-ring (bicyclic) bond motifs is 1. The summed E-state index contributed by atoms with van der Waals surface area (Å²) >= 11 is 0. The van der Waals surface area contributed by atoms with Crippen LogP contribution in [-0.2, 0) is 56.0 Å². The van der Waals surface area contributed by atoms with E-state index in [9.17, 15) is 78.9 Å². The zero-order chi connectivity index (χ0) is 52.6. The van der Waals surface area contributed by atoms with Crippen LogP contribution in [0.4, 0.5) is 0 Å². The number of carbonyl (C=O) groups excluding carboxylic acids is 8. The first-order valence-corrected chi connectivity index (χ1v) is 21.9. The van der Waals surface area contributed by atoms with Gasteiger partial charge in [-0.25, -0.2) is 4.79 Å². The van der Waals surface area contributed by atoms with Crippen LogP contribution in [0.15, 0.2) is 54.7 Å². The van der Waals surface area contributed by atoms with Crippen LogP contribution in [-0.4, -0.2) is 180 Å². The van der Waals surface area contributed by atoms with Crippen molar-refractivity contribution in [2.75, 3.05) is 13.1 Å². The Bertz CT molecular complexity index is 2320. The Balaban J connectivity index is 1.65. The number of nitrogens with one attached hydrogen (secondary N) is 9. The number of phenols is 1. The number of carbonyl (C=O) groups is 9. The minimum absolute atomic E-state index is 0.134. The molecule has 0 aliphatic heterocycles. The summed E-state index contributed by atoms with van der Waals surface area (Å²) in [7, 11) is 0. The molecule has 0 bridgehead atoms. The molecule has 1 heterocycles. The van der Waals surface area contributed by atoms with Gasteiger partial charge in [-0.1, -0.05) is 30.3 Å². The molecule has 8 amide bonds. The lowest BCUT2D eigenvalue weighted by atomic mass is 10.0. The van der Waals surface area contributed by atoms with Gasteiger partial charge in [0.2, 0.25) is 47.3 Å².